The van der Waals surface area contributed by atoms with Crippen molar-refractivity contribution < 1.29 is 0 Å². The number of aryl methyl sites for hydroxylation is 2. The minimum Gasteiger partial charge on any atom is -0.304 e. The third-order valence-electron chi connectivity index (χ3n) is 5.18. The van der Waals surface area contributed by atoms with E-state index in [-0.39, 0.29) is 11.1 Å². The number of nitrogens with one attached hydrogen (secondary N) is 1. The van der Waals surface area contributed by atoms with E-state index in [1.54, 1.807) is 24.0 Å². The van der Waals surface area contributed by atoms with Gasteiger partial charge in [-0.15, -0.1) is 0 Å². The fourth-order valence-electron chi connectivity index (χ4n) is 3.72. The molecule has 0 spiro atoms. The molecule has 4 aromatic rings. The maximum atomic E-state index is 12.3. The molecule has 1 aromatic carbocycles. The summed E-state index contributed by atoms with van der Waals surface area (Å²) in [6.45, 7) is 8.71. The summed E-state index contributed by atoms with van der Waals surface area (Å²) in [7, 11) is 1.76. The number of imidazole rings is 1. The molecule has 3 heterocycles. The zero-order chi connectivity index (χ0) is 20.8. The van der Waals surface area contributed by atoms with Gasteiger partial charge >= 0.3 is 5.69 Å². The largest absolute Gasteiger partial charge is 0.327 e. The quantitative estimate of drug-likeness (QED) is 0.545. The maximum absolute atomic E-state index is 12.3. The number of aromatic amines is 1. The van der Waals surface area contributed by atoms with Gasteiger partial charge in [0, 0.05) is 25.0 Å². The van der Waals surface area contributed by atoms with Crippen molar-refractivity contribution in [3.05, 3.63) is 70.4 Å². The van der Waals surface area contributed by atoms with Gasteiger partial charge in [-0.1, -0.05) is 32.9 Å². The molecule has 0 aliphatic rings. The van der Waals surface area contributed by atoms with Gasteiger partial charge in [0.2, 0.25) is 0 Å². The first-order chi connectivity index (χ1) is 13.7. The second kappa shape index (κ2) is 6.99. The van der Waals surface area contributed by atoms with E-state index in [4.69, 9.17) is 4.98 Å². The predicted octanol–water partition coefficient (Wildman–Crippen LogP) is 4.89. The molecule has 0 fully saturated rings. The van der Waals surface area contributed by atoms with Gasteiger partial charge in [-0.2, -0.15) is 0 Å². The van der Waals surface area contributed by atoms with E-state index in [1.807, 2.05) is 12.1 Å². The van der Waals surface area contributed by atoms with E-state index < -0.39 is 0 Å². The zero-order valence-corrected chi connectivity index (χ0v) is 17.6. The van der Waals surface area contributed by atoms with Crippen molar-refractivity contribution in [3.8, 4) is 22.4 Å². The monoisotopic (exact) mass is 386 g/mol. The number of benzene rings is 1. The molecule has 5 nitrogen and oxygen atoms in total. The molecule has 3 aromatic heterocycles. The third-order valence-corrected chi connectivity index (χ3v) is 5.18. The minimum absolute atomic E-state index is 0.0895. The summed E-state index contributed by atoms with van der Waals surface area (Å²) in [6, 6.07) is 12.6. The maximum Gasteiger partial charge on any atom is 0.327 e. The summed E-state index contributed by atoms with van der Waals surface area (Å²) in [6.07, 6.45) is 4.45. The standard InChI is InChI=1S/C24H26N4O/c1-15-6-7-17(16-8-10-25-11-9-16)12-19(15)20-13-18(14-24(2,3)4)21-22(26-20)28(5)23(29)27-21/h6-13H,14H2,1-5H3,(H,27,29). The van der Waals surface area contributed by atoms with Gasteiger partial charge in [0.15, 0.2) is 5.65 Å². The van der Waals surface area contributed by atoms with E-state index in [2.05, 4.69) is 61.9 Å². The lowest BCUT2D eigenvalue weighted by Crippen LogP contribution is -2.12. The molecule has 0 saturated heterocycles. The molecule has 5 heteroatoms. The van der Waals surface area contributed by atoms with Crippen molar-refractivity contribution in [2.24, 2.45) is 12.5 Å². The molecular weight excluding hydrogens is 360 g/mol. The summed E-state index contributed by atoms with van der Waals surface area (Å²) in [4.78, 5) is 24.2. The SMILES string of the molecule is Cc1ccc(-c2ccncc2)cc1-c1cc(CC(C)(C)C)c2[nH]c(=O)n(C)c2n1. The number of aromatic nitrogens is 4. The van der Waals surface area contributed by atoms with Gasteiger partial charge in [0.25, 0.3) is 0 Å². The Labute approximate surface area is 170 Å². The van der Waals surface area contributed by atoms with Gasteiger partial charge in [0.1, 0.15) is 0 Å². The van der Waals surface area contributed by atoms with Crippen LogP contribution in [0.4, 0.5) is 0 Å². The number of nitrogens with zero attached hydrogens (tertiary/aromatic N) is 3. The van der Waals surface area contributed by atoms with E-state index >= 15 is 0 Å². The van der Waals surface area contributed by atoms with Gasteiger partial charge in [-0.25, -0.2) is 9.78 Å². The molecule has 148 valence electrons. The first-order valence-electron chi connectivity index (χ1n) is 9.83. The second-order valence-electron chi connectivity index (χ2n) is 8.86. The Hall–Kier alpha value is -3.21. The molecule has 0 atom stereocenters. The van der Waals surface area contributed by atoms with Crippen LogP contribution in [0.5, 0.6) is 0 Å². The lowest BCUT2D eigenvalue weighted by Gasteiger charge is -2.19. The van der Waals surface area contributed by atoms with Crippen molar-refractivity contribution in [1.82, 2.24) is 19.5 Å². The number of rotatable bonds is 3. The molecule has 4 rings (SSSR count). The summed E-state index contributed by atoms with van der Waals surface area (Å²) >= 11 is 0. The highest BCUT2D eigenvalue weighted by Crippen LogP contribution is 2.32. The number of pyridine rings is 2. The Balaban J connectivity index is 1.94. The lowest BCUT2D eigenvalue weighted by molar-refractivity contribution is 0.412. The van der Waals surface area contributed by atoms with Crippen molar-refractivity contribution in [3.63, 3.8) is 0 Å². The van der Waals surface area contributed by atoms with Crippen LogP contribution in [0.1, 0.15) is 31.9 Å². The summed E-state index contributed by atoms with van der Waals surface area (Å²) in [5.74, 6) is 0. The molecular formula is C24H26N4O. The van der Waals surface area contributed by atoms with Gasteiger partial charge in [0.05, 0.1) is 11.2 Å². The Bertz CT molecular complexity index is 1240. The van der Waals surface area contributed by atoms with E-state index in [9.17, 15) is 4.79 Å². The van der Waals surface area contributed by atoms with Crippen LogP contribution < -0.4 is 5.69 Å². The Morgan fingerprint density at radius 2 is 1.76 bits per heavy atom. The van der Waals surface area contributed by atoms with Crippen LogP contribution in [0.25, 0.3) is 33.5 Å². The van der Waals surface area contributed by atoms with Crippen LogP contribution >= 0.6 is 0 Å². The molecule has 0 aliphatic carbocycles. The molecule has 1 N–H and O–H groups in total. The van der Waals surface area contributed by atoms with E-state index in [1.165, 1.54) is 0 Å². The lowest BCUT2D eigenvalue weighted by atomic mass is 9.87. The Morgan fingerprint density at radius 1 is 1.03 bits per heavy atom. The number of H-pyrrole nitrogens is 1. The molecule has 29 heavy (non-hydrogen) atoms. The third kappa shape index (κ3) is 3.73. The average molecular weight is 386 g/mol. The van der Waals surface area contributed by atoms with Crippen molar-refractivity contribution >= 4 is 11.2 Å². The highest BCUT2D eigenvalue weighted by atomic mass is 16.1. The van der Waals surface area contributed by atoms with Crippen LogP contribution in [0.15, 0.2) is 53.6 Å². The summed E-state index contributed by atoms with van der Waals surface area (Å²) in [5, 5.41) is 0. The van der Waals surface area contributed by atoms with Crippen LogP contribution in [-0.2, 0) is 13.5 Å². The van der Waals surface area contributed by atoms with Crippen LogP contribution in [-0.4, -0.2) is 19.5 Å². The molecule has 0 saturated carbocycles. The molecule has 0 unspecified atom stereocenters. The van der Waals surface area contributed by atoms with Crippen molar-refractivity contribution in [1.29, 1.82) is 0 Å². The predicted molar refractivity (Wildman–Crippen MR) is 118 cm³/mol. The van der Waals surface area contributed by atoms with Gasteiger partial charge < -0.3 is 4.98 Å². The number of fused-ring (bicyclic) bond motifs is 1. The number of hydrogen-bond donors (Lipinski definition) is 1. The van der Waals surface area contributed by atoms with E-state index in [0.29, 0.717) is 5.65 Å². The fourth-order valence-corrected chi connectivity index (χ4v) is 3.72. The summed E-state index contributed by atoms with van der Waals surface area (Å²) in [5.41, 5.74) is 7.94. The molecule has 0 amide bonds. The number of hydrogen-bond acceptors (Lipinski definition) is 3. The van der Waals surface area contributed by atoms with E-state index in [0.717, 1.165) is 45.4 Å². The van der Waals surface area contributed by atoms with Crippen LogP contribution in [0.2, 0.25) is 0 Å². The van der Waals surface area contributed by atoms with Crippen LogP contribution in [0, 0.1) is 12.3 Å². The van der Waals surface area contributed by atoms with Crippen molar-refractivity contribution in [2.45, 2.75) is 34.1 Å². The molecule has 0 aliphatic heterocycles. The highest BCUT2D eigenvalue weighted by Gasteiger charge is 2.19. The fraction of sp³-hybridized carbons (Fsp3) is 0.292. The van der Waals surface area contributed by atoms with Crippen LogP contribution in [0.3, 0.4) is 0 Å². The normalized spacial score (nSPS) is 11.9. The van der Waals surface area contributed by atoms with Gasteiger partial charge in [-0.3, -0.25) is 9.55 Å². The highest BCUT2D eigenvalue weighted by molar-refractivity contribution is 5.81. The second-order valence-corrected chi connectivity index (χ2v) is 8.86. The molecule has 0 radical (unpaired) electrons. The first kappa shape index (κ1) is 19.1. The first-order valence-corrected chi connectivity index (χ1v) is 9.83. The van der Waals surface area contributed by atoms with Gasteiger partial charge in [-0.05, 0) is 65.3 Å². The average Bonchev–Trinajstić information content (AvgIpc) is 2.96. The summed E-state index contributed by atoms with van der Waals surface area (Å²) < 4.78 is 1.59. The van der Waals surface area contributed by atoms with Crippen molar-refractivity contribution in [2.75, 3.05) is 0 Å². The Morgan fingerprint density at radius 3 is 2.45 bits per heavy atom. The minimum atomic E-state index is -0.137. The smallest absolute Gasteiger partial charge is 0.304 e. The molecule has 0 bridgehead atoms. The topological polar surface area (TPSA) is 63.6 Å². The Kier molecular flexibility index (Phi) is 4.61. The zero-order valence-electron chi connectivity index (χ0n) is 17.6.